The number of anilines is 1. The van der Waals surface area contributed by atoms with Gasteiger partial charge >= 0.3 is 0 Å². The highest BCUT2D eigenvalue weighted by molar-refractivity contribution is 14.1. The molecule has 11 heavy (non-hydrogen) atoms. The number of alkyl halides is 1. The summed E-state index contributed by atoms with van der Waals surface area (Å²) in [5, 5.41) is 2.96. The number of nitrogens with one attached hydrogen (secondary N) is 1. The normalized spacial score (nSPS) is 9.64. The molecule has 0 unspecified atom stereocenters. The summed E-state index contributed by atoms with van der Waals surface area (Å²) in [7, 11) is 0. The second-order valence-corrected chi connectivity index (χ2v) is 3.46. The van der Waals surface area contributed by atoms with Crippen molar-refractivity contribution in [2.75, 3.05) is 17.7 Å². The molecule has 1 N–H and O–H groups in total. The van der Waals surface area contributed by atoms with Gasteiger partial charge in [-0.25, -0.2) is 9.97 Å². The molecule has 0 aliphatic carbocycles. The SMILES string of the molecule is ClCCNc1ncc(I)cn1. The number of nitrogens with zero attached hydrogens (tertiary/aromatic N) is 2. The molecule has 0 saturated carbocycles. The molecule has 0 radical (unpaired) electrons. The lowest BCUT2D eigenvalue weighted by Crippen LogP contribution is -2.05. The van der Waals surface area contributed by atoms with E-state index in [9.17, 15) is 0 Å². The first-order valence-corrected chi connectivity index (χ1v) is 4.71. The van der Waals surface area contributed by atoms with Crippen LogP contribution in [0.15, 0.2) is 12.4 Å². The van der Waals surface area contributed by atoms with Crippen molar-refractivity contribution in [2.45, 2.75) is 0 Å². The maximum Gasteiger partial charge on any atom is 0.222 e. The van der Waals surface area contributed by atoms with Crippen LogP contribution in [0.3, 0.4) is 0 Å². The molecule has 1 heterocycles. The van der Waals surface area contributed by atoms with Gasteiger partial charge < -0.3 is 5.32 Å². The van der Waals surface area contributed by atoms with E-state index in [4.69, 9.17) is 11.6 Å². The molecule has 3 nitrogen and oxygen atoms in total. The van der Waals surface area contributed by atoms with Gasteiger partial charge in [-0.3, -0.25) is 0 Å². The quantitative estimate of drug-likeness (QED) is 0.678. The third-order valence-electron chi connectivity index (χ3n) is 0.998. The third-order valence-corrected chi connectivity index (χ3v) is 1.74. The Kier molecular flexibility index (Phi) is 3.85. The van der Waals surface area contributed by atoms with Gasteiger partial charge in [0, 0.05) is 28.4 Å². The average Bonchev–Trinajstić information content (AvgIpc) is 2.04. The molecular formula is C6H7ClIN3. The highest BCUT2D eigenvalue weighted by atomic mass is 127. The van der Waals surface area contributed by atoms with E-state index >= 15 is 0 Å². The lowest BCUT2D eigenvalue weighted by Gasteiger charge is -1.99. The van der Waals surface area contributed by atoms with Crippen molar-refractivity contribution in [1.29, 1.82) is 0 Å². The number of halogens is 2. The summed E-state index contributed by atoms with van der Waals surface area (Å²) in [5.74, 6) is 1.20. The molecule has 60 valence electrons. The van der Waals surface area contributed by atoms with Crippen LogP contribution in [0, 0.1) is 3.57 Å². The van der Waals surface area contributed by atoms with Crippen LogP contribution in [0.25, 0.3) is 0 Å². The Balaban J connectivity index is 2.52. The fraction of sp³-hybridized carbons (Fsp3) is 0.333. The summed E-state index contributed by atoms with van der Waals surface area (Å²) < 4.78 is 1.03. The van der Waals surface area contributed by atoms with Crippen LogP contribution in [0.5, 0.6) is 0 Å². The van der Waals surface area contributed by atoms with Crippen LogP contribution in [-0.4, -0.2) is 22.4 Å². The van der Waals surface area contributed by atoms with Gasteiger partial charge in [-0.15, -0.1) is 11.6 Å². The first-order chi connectivity index (χ1) is 5.33. The Hall–Kier alpha value is -0.100. The number of hydrogen-bond acceptors (Lipinski definition) is 3. The van der Waals surface area contributed by atoms with Gasteiger partial charge in [0.25, 0.3) is 0 Å². The molecule has 0 fully saturated rings. The molecule has 0 atom stereocenters. The van der Waals surface area contributed by atoms with E-state index in [1.165, 1.54) is 0 Å². The molecule has 0 spiro atoms. The smallest absolute Gasteiger partial charge is 0.222 e. The van der Waals surface area contributed by atoms with Crippen LogP contribution >= 0.6 is 34.2 Å². The van der Waals surface area contributed by atoms with Crippen LogP contribution in [0.2, 0.25) is 0 Å². The standard InChI is InChI=1S/C6H7ClIN3/c7-1-2-9-6-10-3-5(8)4-11-6/h3-4H,1-2H2,(H,9,10,11). The van der Waals surface area contributed by atoms with Gasteiger partial charge in [0.1, 0.15) is 0 Å². The summed E-state index contributed by atoms with van der Waals surface area (Å²) in [6.45, 7) is 0.697. The van der Waals surface area contributed by atoms with Crippen LogP contribution in [0.4, 0.5) is 5.95 Å². The topological polar surface area (TPSA) is 37.8 Å². The summed E-state index contributed by atoms with van der Waals surface area (Å²) in [6.07, 6.45) is 3.51. The predicted octanol–water partition coefficient (Wildman–Crippen LogP) is 1.73. The first-order valence-electron chi connectivity index (χ1n) is 3.10. The van der Waals surface area contributed by atoms with Crippen LogP contribution in [0.1, 0.15) is 0 Å². The minimum atomic E-state index is 0.565. The molecule has 1 rings (SSSR count). The van der Waals surface area contributed by atoms with Crippen LogP contribution < -0.4 is 5.32 Å². The van der Waals surface area contributed by atoms with Gasteiger partial charge in [-0.1, -0.05) is 0 Å². The molecule has 0 bridgehead atoms. The van der Waals surface area contributed by atoms with E-state index in [-0.39, 0.29) is 0 Å². The number of hydrogen-bond donors (Lipinski definition) is 1. The number of rotatable bonds is 3. The zero-order chi connectivity index (χ0) is 8.10. The van der Waals surface area contributed by atoms with Crippen molar-refractivity contribution in [1.82, 2.24) is 9.97 Å². The number of aromatic nitrogens is 2. The summed E-state index contributed by atoms with van der Waals surface area (Å²) in [5.41, 5.74) is 0. The van der Waals surface area contributed by atoms with Gasteiger partial charge in [-0.2, -0.15) is 0 Å². The van der Waals surface area contributed by atoms with Crippen molar-refractivity contribution < 1.29 is 0 Å². The molecule has 1 aromatic heterocycles. The Morgan fingerprint density at radius 3 is 2.64 bits per heavy atom. The van der Waals surface area contributed by atoms with E-state index in [0.29, 0.717) is 18.4 Å². The zero-order valence-corrected chi connectivity index (χ0v) is 8.63. The highest BCUT2D eigenvalue weighted by Gasteiger charge is 1.92. The Morgan fingerprint density at radius 1 is 1.45 bits per heavy atom. The molecule has 0 saturated heterocycles. The van der Waals surface area contributed by atoms with E-state index in [2.05, 4.69) is 37.9 Å². The summed E-state index contributed by atoms with van der Waals surface area (Å²) >= 11 is 7.62. The molecule has 0 aliphatic heterocycles. The Labute approximate surface area is 83.7 Å². The van der Waals surface area contributed by atoms with Crippen molar-refractivity contribution in [3.05, 3.63) is 16.0 Å². The molecule has 5 heteroatoms. The second-order valence-electron chi connectivity index (χ2n) is 1.84. The fourth-order valence-electron chi connectivity index (χ4n) is 0.563. The Bertz CT molecular complexity index is 214. The lowest BCUT2D eigenvalue weighted by molar-refractivity contribution is 1.08. The van der Waals surface area contributed by atoms with Crippen LogP contribution in [-0.2, 0) is 0 Å². The summed E-state index contributed by atoms with van der Waals surface area (Å²) in [6, 6.07) is 0. The first kappa shape index (κ1) is 8.99. The molecule has 0 aliphatic rings. The largest absolute Gasteiger partial charge is 0.353 e. The molecule has 0 amide bonds. The highest BCUT2D eigenvalue weighted by Crippen LogP contribution is 2.01. The third kappa shape index (κ3) is 3.20. The zero-order valence-electron chi connectivity index (χ0n) is 5.72. The van der Waals surface area contributed by atoms with Gasteiger partial charge in [0.2, 0.25) is 5.95 Å². The van der Waals surface area contributed by atoms with Crippen molar-refractivity contribution in [3.63, 3.8) is 0 Å². The minimum Gasteiger partial charge on any atom is -0.353 e. The molecule has 0 aromatic carbocycles. The van der Waals surface area contributed by atoms with Crippen molar-refractivity contribution in [2.24, 2.45) is 0 Å². The monoisotopic (exact) mass is 283 g/mol. The van der Waals surface area contributed by atoms with E-state index in [1.807, 2.05) is 0 Å². The predicted molar refractivity (Wildman–Crippen MR) is 54.0 cm³/mol. The minimum absolute atomic E-state index is 0.565. The average molecular weight is 284 g/mol. The van der Waals surface area contributed by atoms with E-state index < -0.39 is 0 Å². The van der Waals surface area contributed by atoms with Gasteiger partial charge in [0.05, 0.1) is 0 Å². The second kappa shape index (κ2) is 4.71. The van der Waals surface area contributed by atoms with E-state index in [0.717, 1.165) is 3.57 Å². The van der Waals surface area contributed by atoms with Gasteiger partial charge in [-0.05, 0) is 22.6 Å². The van der Waals surface area contributed by atoms with Crippen molar-refractivity contribution in [3.8, 4) is 0 Å². The molecular weight excluding hydrogens is 276 g/mol. The maximum atomic E-state index is 5.46. The van der Waals surface area contributed by atoms with Gasteiger partial charge in [0.15, 0.2) is 0 Å². The molecule has 1 aromatic rings. The maximum absolute atomic E-state index is 5.46. The summed E-state index contributed by atoms with van der Waals surface area (Å²) in [4.78, 5) is 8.05. The fourth-order valence-corrected chi connectivity index (χ4v) is 0.936. The van der Waals surface area contributed by atoms with E-state index in [1.54, 1.807) is 12.4 Å². The lowest BCUT2D eigenvalue weighted by atomic mass is 10.6. The van der Waals surface area contributed by atoms with Crippen molar-refractivity contribution >= 4 is 40.1 Å². The Morgan fingerprint density at radius 2 is 2.09 bits per heavy atom.